The Balaban J connectivity index is 2.21. The van der Waals surface area contributed by atoms with Gasteiger partial charge in [-0.15, -0.1) is 0 Å². The largest absolute Gasteiger partial charge is 0.485 e. The van der Waals surface area contributed by atoms with E-state index >= 15 is 0 Å². The molecule has 104 valence electrons. The Morgan fingerprint density at radius 1 is 1.37 bits per heavy atom. The molecule has 2 rings (SSSR count). The molecule has 1 aliphatic rings. The number of para-hydroxylation sites is 1. The Bertz CT molecular complexity index is 460. The van der Waals surface area contributed by atoms with Crippen molar-refractivity contribution in [2.24, 2.45) is 0 Å². The smallest absolute Gasteiger partial charge is 0.341 e. The Labute approximate surface area is 114 Å². The summed E-state index contributed by atoms with van der Waals surface area (Å²) in [5, 5.41) is 0. The first kappa shape index (κ1) is 13.9. The minimum Gasteiger partial charge on any atom is -0.485 e. The number of hydrogen-bond acceptors (Lipinski definition) is 4. The number of carbonyl (C=O) groups excluding carboxylic acids is 1. The van der Waals surface area contributed by atoms with Crippen LogP contribution in [0.2, 0.25) is 0 Å². The quantitative estimate of drug-likeness (QED) is 0.785. The lowest BCUT2D eigenvalue weighted by atomic mass is 9.95. The number of ether oxygens (including phenoxy) is 2. The Kier molecular flexibility index (Phi) is 4.10. The molecule has 0 bridgehead atoms. The number of esters is 1. The van der Waals surface area contributed by atoms with Gasteiger partial charge in [0.15, 0.2) is 0 Å². The van der Waals surface area contributed by atoms with Crippen LogP contribution in [-0.4, -0.2) is 43.7 Å². The van der Waals surface area contributed by atoms with Crippen LogP contribution in [0.1, 0.15) is 30.1 Å². The molecule has 1 saturated heterocycles. The lowest BCUT2D eigenvalue weighted by Crippen LogP contribution is -2.48. The molecule has 1 atom stereocenters. The van der Waals surface area contributed by atoms with Gasteiger partial charge in [-0.1, -0.05) is 12.1 Å². The summed E-state index contributed by atoms with van der Waals surface area (Å²) in [5.41, 5.74) is 0.233. The van der Waals surface area contributed by atoms with E-state index in [0.717, 1.165) is 25.9 Å². The number of likely N-dealkylation sites (tertiary alicyclic amines) is 1. The summed E-state index contributed by atoms with van der Waals surface area (Å²) in [6, 6.07) is 7.25. The summed E-state index contributed by atoms with van der Waals surface area (Å²) in [6.45, 7) is 4.05. The average molecular weight is 263 g/mol. The van der Waals surface area contributed by atoms with Crippen LogP contribution in [0.5, 0.6) is 5.75 Å². The van der Waals surface area contributed by atoms with Crippen LogP contribution < -0.4 is 4.74 Å². The van der Waals surface area contributed by atoms with Crippen LogP contribution in [-0.2, 0) is 4.74 Å². The van der Waals surface area contributed by atoms with Gasteiger partial charge in [0.1, 0.15) is 16.9 Å². The second-order valence-electron chi connectivity index (χ2n) is 5.38. The average Bonchev–Trinajstić information content (AvgIpc) is 2.37. The van der Waals surface area contributed by atoms with E-state index in [-0.39, 0.29) is 11.6 Å². The maximum Gasteiger partial charge on any atom is 0.341 e. The number of nitrogens with zero attached hydrogens (tertiary/aromatic N) is 1. The Hall–Kier alpha value is -1.55. The van der Waals surface area contributed by atoms with E-state index in [1.165, 1.54) is 7.11 Å². The molecule has 1 unspecified atom stereocenters. The summed E-state index contributed by atoms with van der Waals surface area (Å²) in [6.07, 6.45) is 2.10. The van der Waals surface area contributed by atoms with Crippen molar-refractivity contribution in [3.05, 3.63) is 29.8 Å². The van der Waals surface area contributed by atoms with Gasteiger partial charge in [-0.3, -0.25) is 0 Å². The molecule has 0 N–H and O–H groups in total. The molecule has 1 aromatic carbocycles. The molecule has 0 aliphatic carbocycles. The number of benzene rings is 1. The minimum atomic E-state index is -0.358. The van der Waals surface area contributed by atoms with Gasteiger partial charge >= 0.3 is 5.97 Å². The summed E-state index contributed by atoms with van der Waals surface area (Å²) in [5.74, 6) is 0.246. The van der Waals surface area contributed by atoms with Crippen molar-refractivity contribution in [2.45, 2.75) is 25.4 Å². The standard InChI is InChI=1S/C15H21NO3/c1-15(9-6-10-16(2)11-15)19-13-8-5-4-7-12(13)14(17)18-3/h4-5,7-8H,6,9-11H2,1-3H3. The third kappa shape index (κ3) is 3.26. The maximum atomic E-state index is 11.7. The molecule has 0 saturated carbocycles. The fourth-order valence-corrected chi connectivity index (χ4v) is 2.64. The Morgan fingerprint density at radius 2 is 2.11 bits per heavy atom. The van der Waals surface area contributed by atoms with Gasteiger partial charge in [0.25, 0.3) is 0 Å². The zero-order chi connectivity index (χ0) is 13.9. The lowest BCUT2D eigenvalue weighted by Gasteiger charge is -2.39. The van der Waals surface area contributed by atoms with Crippen LogP contribution >= 0.6 is 0 Å². The van der Waals surface area contributed by atoms with Gasteiger partial charge in [-0.05, 0) is 45.5 Å². The number of carbonyl (C=O) groups is 1. The van der Waals surface area contributed by atoms with Crippen molar-refractivity contribution in [3.8, 4) is 5.75 Å². The van der Waals surface area contributed by atoms with Crippen LogP contribution in [0, 0.1) is 0 Å². The zero-order valence-electron chi connectivity index (χ0n) is 11.8. The van der Waals surface area contributed by atoms with Gasteiger partial charge in [-0.25, -0.2) is 4.79 Å². The van der Waals surface area contributed by atoms with Crippen molar-refractivity contribution >= 4 is 5.97 Å². The van der Waals surface area contributed by atoms with E-state index in [4.69, 9.17) is 9.47 Å². The van der Waals surface area contributed by atoms with E-state index in [0.29, 0.717) is 11.3 Å². The van der Waals surface area contributed by atoms with Crippen molar-refractivity contribution < 1.29 is 14.3 Å². The predicted molar refractivity (Wildman–Crippen MR) is 73.5 cm³/mol. The summed E-state index contributed by atoms with van der Waals surface area (Å²) < 4.78 is 10.9. The Morgan fingerprint density at radius 3 is 2.79 bits per heavy atom. The van der Waals surface area contributed by atoms with E-state index in [1.807, 2.05) is 18.2 Å². The number of likely N-dealkylation sites (N-methyl/N-ethyl adjacent to an activating group) is 1. The molecule has 0 spiro atoms. The highest BCUT2D eigenvalue weighted by molar-refractivity contribution is 5.92. The second-order valence-corrected chi connectivity index (χ2v) is 5.38. The monoisotopic (exact) mass is 263 g/mol. The van der Waals surface area contributed by atoms with Gasteiger partial charge in [0.2, 0.25) is 0 Å². The minimum absolute atomic E-state index is 0.253. The molecule has 1 aromatic rings. The first-order valence-corrected chi connectivity index (χ1v) is 6.59. The second kappa shape index (κ2) is 5.61. The molecule has 4 heteroatoms. The summed E-state index contributed by atoms with van der Waals surface area (Å²) >= 11 is 0. The molecule has 0 radical (unpaired) electrons. The molecule has 19 heavy (non-hydrogen) atoms. The first-order chi connectivity index (χ1) is 9.04. The number of rotatable bonds is 3. The van der Waals surface area contributed by atoms with Gasteiger partial charge in [-0.2, -0.15) is 0 Å². The van der Waals surface area contributed by atoms with Crippen molar-refractivity contribution in [2.75, 3.05) is 27.2 Å². The number of hydrogen-bond donors (Lipinski definition) is 0. The first-order valence-electron chi connectivity index (χ1n) is 6.59. The molecular weight excluding hydrogens is 242 g/mol. The van der Waals surface area contributed by atoms with E-state index < -0.39 is 0 Å². The highest BCUT2D eigenvalue weighted by Gasteiger charge is 2.32. The number of piperidine rings is 1. The molecule has 4 nitrogen and oxygen atoms in total. The van der Waals surface area contributed by atoms with E-state index in [2.05, 4.69) is 18.9 Å². The van der Waals surface area contributed by atoms with E-state index in [1.54, 1.807) is 6.07 Å². The normalized spacial score (nSPS) is 23.9. The highest BCUT2D eigenvalue weighted by atomic mass is 16.5. The third-order valence-electron chi connectivity index (χ3n) is 3.50. The van der Waals surface area contributed by atoms with Crippen molar-refractivity contribution in [1.29, 1.82) is 0 Å². The van der Waals surface area contributed by atoms with Crippen molar-refractivity contribution in [1.82, 2.24) is 4.90 Å². The number of methoxy groups -OCH3 is 1. The van der Waals surface area contributed by atoms with Gasteiger partial charge in [0, 0.05) is 6.54 Å². The third-order valence-corrected chi connectivity index (χ3v) is 3.50. The molecular formula is C15H21NO3. The molecule has 1 aliphatic heterocycles. The molecule has 1 heterocycles. The van der Waals surface area contributed by atoms with Gasteiger partial charge in [0.05, 0.1) is 7.11 Å². The highest BCUT2D eigenvalue weighted by Crippen LogP contribution is 2.29. The van der Waals surface area contributed by atoms with E-state index in [9.17, 15) is 4.79 Å². The van der Waals surface area contributed by atoms with Crippen LogP contribution in [0.15, 0.2) is 24.3 Å². The van der Waals surface area contributed by atoms with Crippen LogP contribution in [0.4, 0.5) is 0 Å². The molecule has 0 aromatic heterocycles. The lowest BCUT2D eigenvalue weighted by molar-refractivity contribution is 0.0141. The maximum absolute atomic E-state index is 11.7. The summed E-state index contributed by atoms with van der Waals surface area (Å²) in [4.78, 5) is 14.0. The topological polar surface area (TPSA) is 38.8 Å². The van der Waals surface area contributed by atoms with Crippen LogP contribution in [0.25, 0.3) is 0 Å². The molecule has 0 amide bonds. The predicted octanol–water partition coefficient (Wildman–Crippen LogP) is 2.34. The fourth-order valence-electron chi connectivity index (χ4n) is 2.64. The SMILES string of the molecule is COC(=O)c1ccccc1OC1(C)CCCN(C)C1. The van der Waals surface area contributed by atoms with Gasteiger partial charge < -0.3 is 14.4 Å². The van der Waals surface area contributed by atoms with Crippen molar-refractivity contribution in [3.63, 3.8) is 0 Å². The molecule has 1 fully saturated rings. The van der Waals surface area contributed by atoms with Crippen LogP contribution in [0.3, 0.4) is 0 Å². The zero-order valence-corrected chi connectivity index (χ0v) is 11.8. The fraction of sp³-hybridized carbons (Fsp3) is 0.533. The summed E-state index contributed by atoms with van der Waals surface area (Å²) in [7, 11) is 3.47.